The number of fused-ring (bicyclic) bond motifs is 1. The summed E-state index contributed by atoms with van der Waals surface area (Å²) >= 11 is 0. The molecule has 9 heteroatoms. The van der Waals surface area contributed by atoms with Gasteiger partial charge in [-0.1, -0.05) is 30.3 Å². The van der Waals surface area contributed by atoms with Gasteiger partial charge < -0.3 is 20.1 Å². The highest BCUT2D eigenvalue weighted by Gasteiger charge is 2.30. The number of hydrogen-bond donors (Lipinski definition) is 3. The van der Waals surface area contributed by atoms with Crippen molar-refractivity contribution in [3.63, 3.8) is 0 Å². The molecule has 2 amide bonds. The molecule has 0 saturated heterocycles. The molecule has 3 atom stereocenters. The van der Waals surface area contributed by atoms with E-state index in [-0.39, 0.29) is 24.2 Å². The Hall–Kier alpha value is -4.14. The molecule has 3 aromatic rings. The van der Waals surface area contributed by atoms with Crippen LogP contribution in [0.4, 0.5) is 0 Å². The zero-order valence-electron chi connectivity index (χ0n) is 21.0. The average molecular weight is 505 g/mol. The zero-order valence-corrected chi connectivity index (χ0v) is 21.0. The second-order valence-electron chi connectivity index (χ2n) is 9.33. The molecule has 0 spiro atoms. The zero-order chi connectivity index (χ0) is 26.2. The summed E-state index contributed by atoms with van der Waals surface area (Å²) in [5.41, 5.74) is 2.97. The first-order valence-electron chi connectivity index (χ1n) is 12.4. The van der Waals surface area contributed by atoms with Crippen molar-refractivity contribution in [1.82, 2.24) is 20.8 Å². The molecular formula is C28H32N4O5. The number of H-pyrrole nitrogens is 1. The van der Waals surface area contributed by atoms with Crippen molar-refractivity contribution in [2.75, 3.05) is 7.11 Å². The van der Waals surface area contributed by atoms with Crippen LogP contribution in [0.25, 0.3) is 0 Å². The standard InChI is InChI=1S/C28H32N4O5/c1-18(14-26(33)37-23-6-4-3-5-7-23)30-28(35)25(15-19-8-11-22(36-2)12-9-19)31-27(34)20-10-13-24-21(16-20)17-29-32-24/h3-9,11-12,17-18,20,25H,10,13-16H2,1-2H3,(H,29,32)(H,30,35)(H,31,34)/t18?,20-,25?/m1/s1. The Morgan fingerprint density at radius 3 is 2.54 bits per heavy atom. The van der Waals surface area contributed by atoms with Crippen LogP contribution in [0, 0.1) is 5.92 Å². The number of amides is 2. The largest absolute Gasteiger partial charge is 0.497 e. The molecule has 1 aliphatic rings. The second-order valence-corrected chi connectivity index (χ2v) is 9.33. The van der Waals surface area contributed by atoms with E-state index in [2.05, 4.69) is 20.8 Å². The maximum absolute atomic E-state index is 13.3. The molecule has 194 valence electrons. The molecule has 0 radical (unpaired) electrons. The lowest BCUT2D eigenvalue weighted by Crippen LogP contribution is -2.52. The SMILES string of the molecule is COc1ccc(CC(NC(=O)[C@@H]2CCc3[nH]ncc3C2)C(=O)NC(C)CC(=O)Oc2ccccc2)cc1. The van der Waals surface area contributed by atoms with Crippen molar-refractivity contribution >= 4 is 17.8 Å². The average Bonchev–Trinajstić information content (AvgIpc) is 3.37. The second kappa shape index (κ2) is 12.2. The number of para-hydroxylation sites is 1. The molecule has 1 aliphatic carbocycles. The quantitative estimate of drug-likeness (QED) is 0.288. The first kappa shape index (κ1) is 25.9. The monoisotopic (exact) mass is 504 g/mol. The van der Waals surface area contributed by atoms with Gasteiger partial charge in [0, 0.05) is 24.1 Å². The molecule has 9 nitrogen and oxygen atoms in total. The third-order valence-corrected chi connectivity index (χ3v) is 6.46. The molecule has 1 aromatic heterocycles. The number of rotatable bonds is 10. The summed E-state index contributed by atoms with van der Waals surface area (Å²) in [7, 11) is 1.59. The molecule has 1 heterocycles. The minimum Gasteiger partial charge on any atom is -0.497 e. The van der Waals surface area contributed by atoms with Crippen molar-refractivity contribution in [2.24, 2.45) is 5.92 Å². The maximum Gasteiger partial charge on any atom is 0.313 e. The number of hydrogen-bond acceptors (Lipinski definition) is 6. The molecule has 37 heavy (non-hydrogen) atoms. The van der Waals surface area contributed by atoms with E-state index in [1.165, 1.54) is 0 Å². The number of benzene rings is 2. The highest BCUT2D eigenvalue weighted by molar-refractivity contribution is 5.89. The van der Waals surface area contributed by atoms with Crippen molar-refractivity contribution in [2.45, 2.75) is 51.1 Å². The van der Waals surface area contributed by atoms with E-state index >= 15 is 0 Å². The van der Waals surface area contributed by atoms with E-state index in [0.717, 1.165) is 23.2 Å². The third kappa shape index (κ3) is 7.19. The van der Waals surface area contributed by atoms with E-state index in [9.17, 15) is 14.4 Å². The van der Waals surface area contributed by atoms with E-state index < -0.39 is 18.1 Å². The van der Waals surface area contributed by atoms with Gasteiger partial charge in [-0.05, 0) is 61.6 Å². The Kier molecular flexibility index (Phi) is 8.56. The van der Waals surface area contributed by atoms with Crippen LogP contribution < -0.4 is 20.1 Å². The molecule has 0 aliphatic heterocycles. The van der Waals surface area contributed by atoms with E-state index in [1.54, 1.807) is 44.5 Å². The number of aromatic amines is 1. The van der Waals surface area contributed by atoms with Gasteiger partial charge in [0.15, 0.2) is 0 Å². The Bertz CT molecular complexity index is 1210. The van der Waals surface area contributed by atoms with Gasteiger partial charge in [-0.3, -0.25) is 19.5 Å². The summed E-state index contributed by atoms with van der Waals surface area (Å²) in [6.07, 6.45) is 4.05. The number of esters is 1. The first-order chi connectivity index (χ1) is 17.9. The summed E-state index contributed by atoms with van der Waals surface area (Å²) in [6, 6.07) is 14.8. The van der Waals surface area contributed by atoms with E-state index in [0.29, 0.717) is 30.8 Å². The molecule has 3 N–H and O–H groups in total. The molecular weight excluding hydrogens is 472 g/mol. The molecule has 0 fully saturated rings. The molecule has 2 aromatic carbocycles. The fourth-order valence-corrected chi connectivity index (χ4v) is 4.44. The first-order valence-corrected chi connectivity index (χ1v) is 12.4. The summed E-state index contributed by atoms with van der Waals surface area (Å²) in [6.45, 7) is 1.73. The summed E-state index contributed by atoms with van der Waals surface area (Å²) in [4.78, 5) is 38.8. The van der Waals surface area contributed by atoms with Crippen LogP contribution in [0.1, 0.15) is 36.6 Å². The summed E-state index contributed by atoms with van der Waals surface area (Å²) in [5, 5.41) is 12.9. The van der Waals surface area contributed by atoms with Crippen molar-refractivity contribution in [1.29, 1.82) is 0 Å². The Labute approximate surface area is 215 Å². The Morgan fingerprint density at radius 2 is 1.81 bits per heavy atom. The van der Waals surface area contributed by atoms with Crippen LogP contribution in [0.5, 0.6) is 11.5 Å². The number of carbonyl (C=O) groups excluding carboxylic acids is 3. The van der Waals surface area contributed by atoms with Gasteiger partial charge in [0.25, 0.3) is 0 Å². The third-order valence-electron chi connectivity index (χ3n) is 6.46. The summed E-state index contributed by atoms with van der Waals surface area (Å²) < 4.78 is 10.6. The lowest BCUT2D eigenvalue weighted by atomic mass is 9.87. The predicted octanol–water partition coefficient (Wildman–Crippen LogP) is 2.75. The highest BCUT2D eigenvalue weighted by atomic mass is 16.5. The minimum absolute atomic E-state index is 0.00424. The number of ether oxygens (including phenoxy) is 2. The number of methoxy groups -OCH3 is 1. The van der Waals surface area contributed by atoms with E-state index in [4.69, 9.17) is 9.47 Å². The molecule has 4 rings (SSSR count). The van der Waals surface area contributed by atoms with Crippen molar-refractivity contribution in [3.05, 3.63) is 77.6 Å². The van der Waals surface area contributed by atoms with Crippen LogP contribution in [0.2, 0.25) is 0 Å². The van der Waals surface area contributed by atoms with Gasteiger partial charge in [0.1, 0.15) is 17.5 Å². The van der Waals surface area contributed by atoms with Gasteiger partial charge in [0.05, 0.1) is 19.7 Å². The predicted molar refractivity (Wildman–Crippen MR) is 137 cm³/mol. The van der Waals surface area contributed by atoms with Gasteiger partial charge in [0.2, 0.25) is 11.8 Å². The van der Waals surface area contributed by atoms with Crippen LogP contribution in [0.15, 0.2) is 60.8 Å². The summed E-state index contributed by atoms with van der Waals surface area (Å²) in [5.74, 6) is -0.0653. The lowest BCUT2D eigenvalue weighted by Gasteiger charge is -2.25. The van der Waals surface area contributed by atoms with E-state index in [1.807, 2.05) is 30.3 Å². The number of nitrogens with zero attached hydrogens (tertiary/aromatic N) is 1. The van der Waals surface area contributed by atoms with Crippen LogP contribution in [0.3, 0.4) is 0 Å². The highest BCUT2D eigenvalue weighted by Crippen LogP contribution is 2.24. The molecule has 2 unspecified atom stereocenters. The Morgan fingerprint density at radius 1 is 1.05 bits per heavy atom. The topological polar surface area (TPSA) is 122 Å². The fraction of sp³-hybridized carbons (Fsp3) is 0.357. The normalized spacial score (nSPS) is 16.1. The number of carbonyl (C=O) groups is 3. The van der Waals surface area contributed by atoms with Gasteiger partial charge in [-0.2, -0.15) is 5.10 Å². The molecule has 0 saturated carbocycles. The van der Waals surface area contributed by atoms with Crippen LogP contribution >= 0.6 is 0 Å². The van der Waals surface area contributed by atoms with Crippen molar-refractivity contribution in [3.8, 4) is 11.5 Å². The van der Waals surface area contributed by atoms with Gasteiger partial charge >= 0.3 is 5.97 Å². The smallest absolute Gasteiger partial charge is 0.313 e. The Balaban J connectivity index is 1.39. The minimum atomic E-state index is -0.806. The van der Waals surface area contributed by atoms with Crippen LogP contribution in [-0.4, -0.2) is 47.2 Å². The lowest BCUT2D eigenvalue weighted by molar-refractivity contribution is -0.135. The fourth-order valence-electron chi connectivity index (χ4n) is 4.44. The number of aromatic nitrogens is 2. The van der Waals surface area contributed by atoms with Gasteiger partial charge in [-0.25, -0.2) is 0 Å². The maximum atomic E-state index is 13.3. The van der Waals surface area contributed by atoms with Crippen molar-refractivity contribution < 1.29 is 23.9 Å². The molecule has 0 bridgehead atoms. The number of aryl methyl sites for hydroxylation is 1. The van der Waals surface area contributed by atoms with Gasteiger partial charge in [-0.15, -0.1) is 0 Å². The number of nitrogens with one attached hydrogen (secondary N) is 3. The van der Waals surface area contributed by atoms with Crippen LogP contribution in [-0.2, 0) is 33.6 Å².